The van der Waals surface area contributed by atoms with E-state index in [1.807, 2.05) is 0 Å². The average Bonchev–Trinajstić information content (AvgIpc) is 3.20. The lowest BCUT2D eigenvalue weighted by molar-refractivity contribution is -0.352. The minimum Gasteiger partial charge on any atom is -0.484 e. The van der Waals surface area contributed by atoms with Crippen molar-refractivity contribution in [3.63, 3.8) is 0 Å². The summed E-state index contributed by atoms with van der Waals surface area (Å²) in [4.78, 5) is 12.1. The van der Waals surface area contributed by atoms with Crippen LogP contribution in [-0.4, -0.2) is 54.0 Å². The molecule has 33 heavy (non-hydrogen) atoms. The van der Waals surface area contributed by atoms with E-state index >= 15 is 0 Å². The Morgan fingerprint density at radius 3 is 2.52 bits per heavy atom. The zero-order valence-electron chi connectivity index (χ0n) is 17.1. The molecule has 0 spiro atoms. The lowest BCUT2D eigenvalue weighted by Crippen LogP contribution is -2.49. The van der Waals surface area contributed by atoms with Crippen molar-refractivity contribution in [2.24, 2.45) is 0 Å². The molecule has 1 saturated heterocycles. The minimum absolute atomic E-state index is 0.0451. The number of hydrogen-bond donors (Lipinski definition) is 1. The van der Waals surface area contributed by atoms with Crippen LogP contribution in [0.15, 0.2) is 28.7 Å². The number of ether oxygens (including phenoxy) is 3. The van der Waals surface area contributed by atoms with Crippen LogP contribution in [0.5, 0.6) is 5.75 Å². The van der Waals surface area contributed by atoms with Crippen LogP contribution in [0.1, 0.15) is 43.1 Å². The Morgan fingerprint density at radius 1 is 1.15 bits per heavy atom. The van der Waals surface area contributed by atoms with Crippen molar-refractivity contribution in [2.45, 2.75) is 56.0 Å². The second-order valence-corrected chi connectivity index (χ2v) is 8.26. The molecule has 2 aromatic rings. The molecule has 1 aromatic carbocycles. The van der Waals surface area contributed by atoms with Crippen molar-refractivity contribution in [2.75, 3.05) is 13.2 Å². The standard InChI is InChI=1S/C20H20ClF4N3O5/c21-11-1-3-12(4-2-11)30-9-17(29)26-15-8-31-16(7-14(15)22)19-28-27-18(32-19)10-5-13(6-10)33-20(23,24)25/h1-4,10,13-16H,5-9H2,(H,26,29)/t10?,13?,14-,15+,16+/m1/s1. The predicted molar refractivity (Wildman–Crippen MR) is 104 cm³/mol. The number of rotatable bonds is 7. The van der Waals surface area contributed by atoms with Gasteiger partial charge in [-0.1, -0.05) is 11.6 Å². The first-order valence-corrected chi connectivity index (χ1v) is 10.6. The van der Waals surface area contributed by atoms with E-state index in [0.29, 0.717) is 10.8 Å². The van der Waals surface area contributed by atoms with Crippen molar-refractivity contribution in [3.05, 3.63) is 41.1 Å². The van der Waals surface area contributed by atoms with Gasteiger partial charge < -0.3 is 19.2 Å². The summed E-state index contributed by atoms with van der Waals surface area (Å²) in [6.45, 7) is -0.428. The smallest absolute Gasteiger partial charge is 0.484 e. The Kier molecular flexibility index (Phi) is 7.05. The van der Waals surface area contributed by atoms with Gasteiger partial charge in [-0.3, -0.25) is 9.53 Å². The van der Waals surface area contributed by atoms with Gasteiger partial charge in [0.25, 0.3) is 5.91 Å². The molecule has 0 unspecified atom stereocenters. The molecular weight excluding hydrogens is 474 g/mol. The highest BCUT2D eigenvalue weighted by molar-refractivity contribution is 6.30. The van der Waals surface area contributed by atoms with Crippen molar-refractivity contribution in [1.82, 2.24) is 15.5 Å². The van der Waals surface area contributed by atoms with Crippen molar-refractivity contribution >= 4 is 17.5 Å². The maximum atomic E-state index is 14.6. The van der Waals surface area contributed by atoms with Gasteiger partial charge in [-0.2, -0.15) is 0 Å². The number of carbonyl (C=O) groups excluding carboxylic acids is 1. The second-order valence-electron chi connectivity index (χ2n) is 7.82. The van der Waals surface area contributed by atoms with Crippen LogP contribution in [0.2, 0.25) is 5.02 Å². The van der Waals surface area contributed by atoms with Crippen LogP contribution in [-0.2, 0) is 14.3 Å². The predicted octanol–water partition coefficient (Wildman–Crippen LogP) is 3.87. The van der Waals surface area contributed by atoms with E-state index in [4.69, 9.17) is 25.5 Å². The zero-order chi connectivity index (χ0) is 23.6. The number of nitrogens with one attached hydrogen (secondary N) is 1. The average molecular weight is 494 g/mol. The summed E-state index contributed by atoms with van der Waals surface area (Å²) in [7, 11) is 0. The molecule has 1 amide bonds. The van der Waals surface area contributed by atoms with Gasteiger partial charge in [0.05, 0.1) is 18.8 Å². The number of carbonyl (C=O) groups is 1. The number of nitrogens with zero attached hydrogens (tertiary/aromatic N) is 2. The van der Waals surface area contributed by atoms with Crippen LogP contribution in [0.4, 0.5) is 17.6 Å². The van der Waals surface area contributed by atoms with E-state index < -0.39 is 36.7 Å². The largest absolute Gasteiger partial charge is 0.522 e. The van der Waals surface area contributed by atoms with Gasteiger partial charge in [-0.15, -0.1) is 23.4 Å². The van der Waals surface area contributed by atoms with Crippen molar-refractivity contribution < 1.29 is 41.0 Å². The van der Waals surface area contributed by atoms with Crippen LogP contribution < -0.4 is 10.1 Å². The molecule has 0 radical (unpaired) electrons. The third-order valence-electron chi connectivity index (χ3n) is 5.36. The summed E-state index contributed by atoms with van der Waals surface area (Å²) in [5, 5.41) is 10.7. The molecule has 13 heteroatoms. The molecule has 0 bridgehead atoms. The van der Waals surface area contributed by atoms with Gasteiger partial charge in [0.1, 0.15) is 18.0 Å². The van der Waals surface area contributed by atoms with Gasteiger partial charge in [0.2, 0.25) is 11.8 Å². The SMILES string of the molecule is O=C(COc1ccc(Cl)cc1)N[C@H]1CO[C@H](c2nnc(C3CC(OC(F)(F)F)C3)o2)C[C@H]1F. The molecule has 1 aliphatic carbocycles. The Hall–Kier alpha value is -2.44. The van der Waals surface area contributed by atoms with Gasteiger partial charge in [0.15, 0.2) is 6.61 Å². The summed E-state index contributed by atoms with van der Waals surface area (Å²) in [5.74, 6) is -0.206. The highest BCUT2D eigenvalue weighted by atomic mass is 35.5. The molecule has 180 valence electrons. The van der Waals surface area contributed by atoms with Gasteiger partial charge in [-0.25, -0.2) is 4.39 Å². The highest BCUT2D eigenvalue weighted by Crippen LogP contribution is 2.41. The summed E-state index contributed by atoms with van der Waals surface area (Å²) < 4.78 is 71.6. The van der Waals surface area contributed by atoms with E-state index in [0.717, 1.165) is 0 Å². The number of aromatic nitrogens is 2. The van der Waals surface area contributed by atoms with Crippen LogP contribution in [0.25, 0.3) is 0 Å². The summed E-state index contributed by atoms with van der Waals surface area (Å²) in [5.41, 5.74) is 0. The number of amides is 1. The monoisotopic (exact) mass is 493 g/mol. The number of hydrogen-bond acceptors (Lipinski definition) is 7. The first kappa shape index (κ1) is 23.7. The molecule has 4 rings (SSSR count). The van der Waals surface area contributed by atoms with Crippen molar-refractivity contribution in [3.8, 4) is 5.75 Å². The quantitative estimate of drug-likeness (QED) is 0.585. The Morgan fingerprint density at radius 2 is 1.85 bits per heavy atom. The van der Waals surface area contributed by atoms with Crippen LogP contribution >= 0.6 is 11.6 Å². The highest BCUT2D eigenvalue weighted by Gasteiger charge is 2.43. The summed E-state index contributed by atoms with van der Waals surface area (Å²) >= 11 is 5.78. The fraction of sp³-hybridized carbons (Fsp3) is 0.550. The third kappa shape index (κ3) is 6.33. The first-order chi connectivity index (χ1) is 15.7. The topological polar surface area (TPSA) is 95.7 Å². The summed E-state index contributed by atoms with van der Waals surface area (Å²) in [6, 6.07) is 5.56. The van der Waals surface area contributed by atoms with Gasteiger partial charge in [0, 0.05) is 17.4 Å². The molecule has 2 aliphatic rings. The van der Waals surface area contributed by atoms with Crippen molar-refractivity contribution in [1.29, 1.82) is 0 Å². The van der Waals surface area contributed by atoms with E-state index in [-0.39, 0.29) is 50.2 Å². The minimum atomic E-state index is -4.68. The van der Waals surface area contributed by atoms with Gasteiger partial charge in [-0.05, 0) is 37.1 Å². The molecule has 1 aromatic heterocycles. The molecule has 1 saturated carbocycles. The summed E-state index contributed by atoms with van der Waals surface area (Å²) in [6.07, 6.45) is -7.81. The number of halogens is 5. The third-order valence-corrected chi connectivity index (χ3v) is 5.61. The van der Waals surface area contributed by atoms with Crippen LogP contribution in [0.3, 0.4) is 0 Å². The maximum Gasteiger partial charge on any atom is 0.522 e. The fourth-order valence-corrected chi connectivity index (χ4v) is 3.71. The Bertz CT molecular complexity index is 952. The number of alkyl halides is 4. The van der Waals surface area contributed by atoms with E-state index in [2.05, 4.69) is 20.3 Å². The Labute approximate surface area is 190 Å². The van der Waals surface area contributed by atoms with E-state index in [1.165, 1.54) is 0 Å². The molecular formula is C20H20ClF4N3O5. The molecule has 1 N–H and O–H groups in total. The Balaban J connectivity index is 1.22. The number of benzene rings is 1. The molecule has 2 fully saturated rings. The van der Waals surface area contributed by atoms with Gasteiger partial charge >= 0.3 is 6.36 Å². The first-order valence-electron chi connectivity index (χ1n) is 10.2. The second kappa shape index (κ2) is 9.82. The molecule has 8 nitrogen and oxygen atoms in total. The molecule has 2 heterocycles. The lowest BCUT2D eigenvalue weighted by Gasteiger charge is -2.33. The molecule has 1 aliphatic heterocycles. The lowest BCUT2D eigenvalue weighted by atomic mass is 9.82. The zero-order valence-corrected chi connectivity index (χ0v) is 17.8. The van der Waals surface area contributed by atoms with Crippen LogP contribution in [0, 0.1) is 0 Å². The van der Waals surface area contributed by atoms with E-state index in [9.17, 15) is 22.4 Å². The fourth-order valence-electron chi connectivity index (χ4n) is 3.59. The maximum absolute atomic E-state index is 14.6. The normalized spacial score (nSPS) is 27.6. The van der Waals surface area contributed by atoms with E-state index in [1.54, 1.807) is 24.3 Å². The molecule has 3 atom stereocenters.